The summed E-state index contributed by atoms with van der Waals surface area (Å²) in [5.74, 6) is 0. The van der Waals surface area contributed by atoms with Crippen molar-refractivity contribution in [3.8, 4) is 0 Å². The first-order valence-electron chi connectivity index (χ1n) is 7.01. The Morgan fingerprint density at radius 1 is 1.05 bits per heavy atom. The molecule has 0 spiro atoms. The molecule has 2 rings (SSSR count). The lowest BCUT2D eigenvalue weighted by Gasteiger charge is -2.18. The van der Waals surface area contributed by atoms with Crippen molar-refractivity contribution in [1.29, 1.82) is 0 Å². The zero-order valence-corrected chi connectivity index (χ0v) is 12.2. The van der Waals surface area contributed by atoms with E-state index >= 15 is 0 Å². The molecule has 2 nitrogen and oxygen atoms in total. The molecule has 0 radical (unpaired) electrons. The first kappa shape index (κ1) is 14.0. The molecular weight excluding hydrogens is 232 g/mol. The summed E-state index contributed by atoms with van der Waals surface area (Å²) in [5, 5.41) is 6.30. The zero-order valence-electron chi connectivity index (χ0n) is 12.2. The fraction of sp³-hybridized carbons (Fsp3) is 0.412. The number of nitrogens with zero attached hydrogens (tertiary/aromatic N) is 1. The largest absolute Gasteiger partial charge is 0.313 e. The number of rotatable bonds is 6. The Morgan fingerprint density at radius 3 is 2.58 bits per heavy atom. The van der Waals surface area contributed by atoms with Crippen LogP contribution in [0.1, 0.15) is 12.5 Å². The molecule has 1 N–H and O–H groups in total. The lowest BCUT2D eigenvalue weighted by Crippen LogP contribution is -2.36. The molecule has 0 bridgehead atoms. The zero-order chi connectivity index (χ0) is 13.7. The molecular formula is C17H24N2. The average Bonchev–Trinajstić information content (AvgIpc) is 2.38. The summed E-state index contributed by atoms with van der Waals surface area (Å²) < 4.78 is 0. The summed E-state index contributed by atoms with van der Waals surface area (Å²) in [6.45, 7) is 4.35. The number of hydrogen-bond donors (Lipinski definition) is 1. The molecule has 0 saturated heterocycles. The van der Waals surface area contributed by atoms with Gasteiger partial charge in [0.15, 0.2) is 0 Å². The summed E-state index contributed by atoms with van der Waals surface area (Å²) in [6, 6.07) is 15.7. The van der Waals surface area contributed by atoms with Gasteiger partial charge in [-0.15, -0.1) is 0 Å². The molecule has 0 aliphatic rings. The van der Waals surface area contributed by atoms with Crippen LogP contribution in [0.5, 0.6) is 0 Å². The molecule has 2 heteroatoms. The van der Waals surface area contributed by atoms with Crippen LogP contribution in [0.25, 0.3) is 10.8 Å². The van der Waals surface area contributed by atoms with Crippen LogP contribution < -0.4 is 5.32 Å². The van der Waals surface area contributed by atoms with E-state index < -0.39 is 0 Å². The Balaban J connectivity index is 1.95. The SMILES string of the molecule is CC(CN(C)C)NCCc1cccc2ccccc12. The Bertz CT molecular complexity index is 514. The summed E-state index contributed by atoms with van der Waals surface area (Å²) in [5.41, 5.74) is 1.43. The number of benzene rings is 2. The Hall–Kier alpha value is -1.38. The second-order valence-electron chi connectivity index (χ2n) is 5.51. The van der Waals surface area contributed by atoms with Crippen LogP contribution in [0.15, 0.2) is 42.5 Å². The normalized spacial score (nSPS) is 13.1. The van der Waals surface area contributed by atoms with Crippen LogP contribution in [-0.2, 0) is 6.42 Å². The van der Waals surface area contributed by atoms with E-state index in [1.807, 2.05) is 0 Å². The molecule has 0 aromatic heterocycles. The van der Waals surface area contributed by atoms with Gasteiger partial charge < -0.3 is 10.2 Å². The van der Waals surface area contributed by atoms with Crippen molar-refractivity contribution < 1.29 is 0 Å². The topological polar surface area (TPSA) is 15.3 Å². The molecule has 0 amide bonds. The first-order chi connectivity index (χ1) is 9.16. The van der Waals surface area contributed by atoms with E-state index in [0.717, 1.165) is 19.5 Å². The third kappa shape index (κ3) is 4.05. The Morgan fingerprint density at radius 2 is 1.79 bits per heavy atom. The molecule has 1 atom stereocenters. The van der Waals surface area contributed by atoms with Crippen LogP contribution in [0.4, 0.5) is 0 Å². The standard InChI is InChI=1S/C17H24N2/c1-14(13-19(2)3)18-12-11-16-9-6-8-15-7-4-5-10-17(15)16/h4-10,14,18H,11-13H2,1-3H3. The lowest BCUT2D eigenvalue weighted by atomic mass is 10.0. The average molecular weight is 256 g/mol. The molecule has 1 unspecified atom stereocenters. The third-order valence-electron chi connectivity index (χ3n) is 3.41. The minimum atomic E-state index is 0.532. The minimum absolute atomic E-state index is 0.532. The molecule has 0 heterocycles. The van der Waals surface area contributed by atoms with Crippen molar-refractivity contribution in [3.63, 3.8) is 0 Å². The fourth-order valence-electron chi connectivity index (χ4n) is 2.58. The Labute approximate surface area is 116 Å². The predicted molar refractivity (Wildman–Crippen MR) is 83.7 cm³/mol. The predicted octanol–water partition coefficient (Wildman–Crippen LogP) is 2.92. The summed E-state index contributed by atoms with van der Waals surface area (Å²) in [6.07, 6.45) is 1.08. The van der Waals surface area contributed by atoms with Gasteiger partial charge >= 0.3 is 0 Å². The highest BCUT2D eigenvalue weighted by Gasteiger charge is 2.04. The van der Waals surface area contributed by atoms with E-state index in [1.165, 1.54) is 16.3 Å². The summed E-state index contributed by atoms with van der Waals surface area (Å²) in [7, 11) is 4.23. The molecule has 0 saturated carbocycles. The van der Waals surface area contributed by atoms with Crippen LogP contribution >= 0.6 is 0 Å². The number of likely N-dealkylation sites (N-methyl/N-ethyl adjacent to an activating group) is 1. The summed E-state index contributed by atoms with van der Waals surface area (Å²) >= 11 is 0. The van der Waals surface area contributed by atoms with Crippen molar-refractivity contribution in [3.05, 3.63) is 48.0 Å². The van der Waals surface area contributed by atoms with E-state index in [1.54, 1.807) is 0 Å². The van der Waals surface area contributed by atoms with Crippen LogP contribution in [-0.4, -0.2) is 38.1 Å². The maximum Gasteiger partial charge on any atom is 0.0166 e. The Kier molecular flexibility index (Phi) is 4.94. The van der Waals surface area contributed by atoms with Gasteiger partial charge in [-0.3, -0.25) is 0 Å². The van der Waals surface area contributed by atoms with Crippen LogP contribution in [0.2, 0.25) is 0 Å². The van der Waals surface area contributed by atoms with Crippen molar-refractivity contribution in [2.24, 2.45) is 0 Å². The first-order valence-corrected chi connectivity index (χ1v) is 7.01. The van der Waals surface area contributed by atoms with Gasteiger partial charge in [-0.25, -0.2) is 0 Å². The molecule has 102 valence electrons. The fourth-order valence-corrected chi connectivity index (χ4v) is 2.58. The van der Waals surface area contributed by atoms with Gasteiger partial charge in [0, 0.05) is 12.6 Å². The van der Waals surface area contributed by atoms with E-state index in [9.17, 15) is 0 Å². The number of hydrogen-bond acceptors (Lipinski definition) is 2. The quantitative estimate of drug-likeness (QED) is 0.855. The molecule has 2 aromatic rings. The van der Waals surface area contributed by atoms with Crippen molar-refractivity contribution in [2.75, 3.05) is 27.2 Å². The lowest BCUT2D eigenvalue weighted by molar-refractivity contribution is 0.351. The van der Waals surface area contributed by atoms with Crippen molar-refractivity contribution in [1.82, 2.24) is 10.2 Å². The van der Waals surface area contributed by atoms with E-state index in [4.69, 9.17) is 0 Å². The van der Waals surface area contributed by atoms with E-state index in [2.05, 4.69) is 73.7 Å². The van der Waals surface area contributed by atoms with Crippen LogP contribution in [0, 0.1) is 0 Å². The van der Waals surface area contributed by atoms with Gasteiger partial charge in [0.25, 0.3) is 0 Å². The van der Waals surface area contributed by atoms with Crippen LogP contribution in [0.3, 0.4) is 0 Å². The number of fused-ring (bicyclic) bond motifs is 1. The van der Waals surface area contributed by atoms with Gasteiger partial charge in [-0.05, 0) is 50.3 Å². The molecule has 2 aromatic carbocycles. The molecule has 0 fully saturated rings. The highest BCUT2D eigenvalue weighted by Crippen LogP contribution is 2.18. The highest BCUT2D eigenvalue weighted by atomic mass is 15.1. The summed E-state index contributed by atoms with van der Waals surface area (Å²) in [4.78, 5) is 2.22. The smallest absolute Gasteiger partial charge is 0.0166 e. The van der Waals surface area contributed by atoms with Gasteiger partial charge in [-0.1, -0.05) is 42.5 Å². The number of nitrogens with one attached hydrogen (secondary N) is 1. The van der Waals surface area contributed by atoms with Gasteiger partial charge in [0.05, 0.1) is 0 Å². The second-order valence-corrected chi connectivity index (χ2v) is 5.51. The monoisotopic (exact) mass is 256 g/mol. The minimum Gasteiger partial charge on any atom is -0.313 e. The molecule has 0 aliphatic heterocycles. The molecule has 19 heavy (non-hydrogen) atoms. The van der Waals surface area contributed by atoms with Gasteiger partial charge in [0.1, 0.15) is 0 Å². The van der Waals surface area contributed by atoms with Crippen molar-refractivity contribution in [2.45, 2.75) is 19.4 Å². The maximum absolute atomic E-state index is 3.59. The van der Waals surface area contributed by atoms with E-state index in [0.29, 0.717) is 6.04 Å². The second kappa shape index (κ2) is 6.69. The van der Waals surface area contributed by atoms with Gasteiger partial charge in [-0.2, -0.15) is 0 Å². The maximum atomic E-state index is 3.59. The van der Waals surface area contributed by atoms with Gasteiger partial charge in [0.2, 0.25) is 0 Å². The van der Waals surface area contributed by atoms with E-state index in [-0.39, 0.29) is 0 Å². The van der Waals surface area contributed by atoms with Crippen molar-refractivity contribution >= 4 is 10.8 Å². The third-order valence-corrected chi connectivity index (χ3v) is 3.41. The molecule has 0 aliphatic carbocycles. The highest BCUT2D eigenvalue weighted by molar-refractivity contribution is 5.85.